The second-order valence-electron chi connectivity index (χ2n) is 4.89. The first kappa shape index (κ1) is 13.4. The van der Waals surface area contributed by atoms with E-state index in [0.717, 1.165) is 25.7 Å². The molecule has 1 aliphatic rings. The maximum Gasteiger partial charge on any atom is 0.222 e. The molecular weight excluding hydrogens is 252 g/mol. The lowest BCUT2D eigenvalue weighted by molar-refractivity contribution is 0.184. The van der Waals surface area contributed by atoms with Crippen molar-refractivity contribution >= 4 is 23.4 Å². The third-order valence-corrected chi connectivity index (χ3v) is 3.87. The van der Waals surface area contributed by atoms with Crippen molar-refractivity contribution in [3.8, 4) is 0 Å². The summed E-state index contributed by atoms with van der Waals surface area (Å²) >= 11 is 6.16. The number of aliphatic hydroxyl groups excluding tert-OH is 1. The Hall–Kier alpha value is -1.07. The second kappa shape index (κ2) is 5.71. The van der Waals surface area contributed by atoms with Gasteiger partial charge in [0.25, 0.3) is 0 Å². The summed E-state index contributed by atoms with van der Waals surface area (Å²) in [5.41, 5.74) is 6.31. The molecule has 0 radical (unpaired) electrons. The van der Waals surface area contributed by atoms with Gasteiger partial charge in [-0.25, -0.2) is 4.98 Å². The van der Waals surface area contributed by atoms with Gasteiger partial charge in [-0.1, -0.05) is 18.0 Å². The van der Waals surface area contributed by atoms with Crippen LogP contribution in [0.2, 0.25) is 5.02 Å². The van der Waals surface area contributed by atoms with Gasteiger partial charge in [-0.2, -0.15) is 4.98 Å². The Morgan fingerprint density at radius 2 is 2.22 bits per heavy atom. The Morgan fingerprint density at radius 3 is 2.94 bits per heavy atom. The summed E-state index contributed by atoms with van der Waals surface area (Å²) in [4.78, 5) is 8.15. The van der Waals surface area contributed by atoms with E-state index in [2.05, 4.69) is 15.3 Å². The first-order chi connectivity index (χ1) is 8.60. The molecule has 1 aliphatic carbocycles. The number of aliphatic hydroxyl groups is 1. The zero-order chi connectivity index (χ0) is 13.1. The summed E-state index contributed by atoms with van der Waals surface area (Å²) in [6, 6.07) is 0.294. The Labute approximate surface area is 112 Å². The number of hydrogen-bond donors (Lipinski definition) is 3. The Morgan fingerprint density at radius 1 is 1.44 bits per heavy atom. The van der Waals surface area contributed by atoms with Crippen molar-refractivity contribution in [2.24, 2.45) is 5.92 Å². The zero-order valence-corrected chi connectivity index (χ0v) is 11.2. The number of rotatable bonds is 3. The molecule has 0 unspecified atom stereocenters. The van der Waals surface area contributed by atoms with E-state index in [-0.39, 0.29) is 12.6 Å². The molecule has 4 N–H and O–H groups in total. The van der Waals surface area contributed by atoms with Crippen molar-refractivity contribution in [2.75, 3.05) is 17.7 Å². The van der Waals surface area contributed by atoms with Crippen LogP contribution in [-0.4, -0.2) is 27.7 Å². The average Bonchev–Trinajstić information content (AvgIpc) is 2.35. The SMILES string of the molecule is Cc1nc(N)nc(N[C@H]2CCC[C@@H](CO)C2)c1Cl. The van der Waals surface area contributed by atoms with Crippen LogP contribution in [0.5, 0.6) is 0 Å². The van der Waals surface area contributed by atoms with Crippen molar-refractivity contribution in [1.82, 2.24) is 9.97 Å². The van der Waals surface area contributed by atoms with Crippen molar-refractivity contribution in [3.05, 3.63) is 10.7 Å². The van der Waals surface area contributed by atoms with Crippen LogP contribution in [0.25, 0.3) is 0 Å². The van der Waals surface area contributed by atoms with Crippen LogP contribution in [0.3, 0.4) is 0 Å². The van der Waals surface area contributed by atoms with Gasteiger partial charge in [0.05, 0.1) is 5.69 Å². The number of halogens is 1. The molecule has 6 heteroatoms. The molecule has 0 aliphatic heterocycles. The molecular formula is C12H19ClN4O. The van der Waals surface area contributed by atoms with Crippen LogP contribution in [0.15, 0.2) is 0 Å². The molecule has 1 fully saturated rings. The highest BCUT2D eigenvalue weighted by molar-refractivity contribution is 6.33. The second-order valence-corrected chi connectivity index (χ2v) is 5.26. The number of aryl methyl sites for hydroxylation is 1. The molecule has 2 rings (SSSR count). The van der Waals surface area contributed by atoms with Crippen LogP contribution in [-0.2, 0) is 0 Å². The Kier molecular flexibility index (Phi) is 4.24. The summed E-state index contributed by atoms with van der Waals surface area (Å²) < 4.78 is 0. The summed E-state index contributed by atoms with van der Waals surface area (Å²) in [6.07, 6.45) is 4.21. The van der Waals surface area contributed by atoms with Gasteiger partial charge in [-0.15, -0.1) is 0 Å². The Balaban J connectivity index is 2.09. The van der Waals surface area contributed by atoms with Gasteiger partial charge in [0.2, 0.25) is 5.95 Å². The number of anilines is 2. The fraction of sp³-hybridized carbons (Fsp3) is 0.667. The van der Waals surface area contributed by atoms with Crippen LogP contribution >= 0.6 is 11.6 Å². The third-order valence-electron chi connectivity index (χ3n) is 3.42. The summed E-state index contributed by atoms with van der Waals surface area (Å²) in [6.45, 7) is 2.06. The minimum absolute atomic E-state index is 0.230. The monoisotopic (exact) mass is 270 g/mol. The molecule has 5 nitrogen and oxygen atoms in total. The summed E-state index contributed by atoms with van der Waals surface area (Å²) in [7, 11) is 0. The molecule has 1 saturated carbocycles. The number of nitrogen functional groups attached to an aromatic ring is 1. The smallest absolute Gasteiger partial charge is 0.222 e. The lowest BCUT2D eigenvalue weighted by atomic mass is 9.86. The van der Waals surface area contributed by atoms with Gasteiger partial charge in [-0.3, -0.25) is 0 Å². The molecule has 1 aromatic rings. The first-order valence-electron chi connectivity index (χ1n) is 6.27. The number of nitrogens with one attached hydrogen (secondary N) is 1. The topological polar surface area (TPSA) is 84.1 Å². The van der Waals surface area contributed by atoms with E-state index >= 15 is 0 Å². The highest BCUT2D eigenvalue weighted by Crippen LogP contribution is 2.29. The van der Waals surface area contributed by atoms with Crippen LogP contribution < -0.4 is 11.1 Å². The molecule has 0 aromatic carbocycles. The Bertz CT molecular complexity index is 427. The lowest BCUT2D eigenvalue weighted by Gasteiger charge is -2.29. The van der Waals surface area contributed by atoms with E-state index in [1.807, 2.05) is 6.92 Å². The van der Waals surface area contributed by atoms with Crippen LogP contribution in [0, 0.1) is 12.8 Å². The van der Waals surface area contributed by atoms with Crippen LogP contribution in [0.4, 0.5) is 11.8 Å². The number of nitrogens with two attached hydrogens (primary N) is 1. The quantitative estimate of drug-likeness (QED) is 0.782. The molecule has 0 saturated heterocycles. The lowest BCUT2D eigenvalue weighted by Crippen LogP contribution is -2.29. The van der Waals surface area contributed by atoms with Gasteiger partial charge in [0.15, 0.2) is 5.82 Å². The maximum atomic E-state index is 9.22. The van der Waals surface area contributed by atoms with Crippen molar-refractivity contribution in [2.45, 2.75) is 38.6 Å². The predicted octanol–water partition coefficient (Wildman–Crippen LogP) is 1.98. The zero-order valence-electron chi connectivity index (χ0n) is 10.5. The van der Waals surface area contributed by atoms with E-state index in [9.17, 15) is 5.11 Å². The van der Waals surface area contributed by atoms with Gasteiger partial charge in [0.1, 0.15) is 5.02 Å². The number of aromatic nitrogens is 2. The summed E-state index contributed by atoms with van der Waals surface area (Å²) in [5, 5.41) is 13.1. The number of nitrogens with zero attached hydrogens (tertiary/aromatic N) is 2. The highest BCUT2D eigenvalue weighted by atomic mass is 35.5. The van der Waals surface area contributed by atoms with E-state index in [4.69, 9.17) is 17.3 Å². The maximum absolute atomic E-state index is 9.22. The van der Waals surface area contributed by atoms with Gasteiger partial charge in [0, 0.05) is 12.6 Å². The van der Waals surface area contributed by atoms with Gasteiger partial charge < -0.3 is 16.2 Å². The molecule has 0 bridgehead atoms. The summed E-state index contributed by atoms with van der Waals surface area (Å²) in [5.74, 6) is 1.20. The standard InChI is InChI=1S/C12H19ClN4O/c1-7-10(13)11(17-12(14)15-7)16-9-4-2-3-8(5-9)6-18/h8-9,18H,2-6H2,1H3,(H3,14,15,16,17)/t8-,9+/m1/s1. The minimum Gasteiger partial charge on any atom is -0.396 e. The van der Waals surface area contributed by atoms with E-state index in [1.165, 1.54) is 0 Å². The van der Waals surface area contributed by atoms with E-state index in [1.54, 1.807) is 0 Å². The molecule has 1 aromatic heterocycles. The first-order valence-corrected chi connectivity index (χ1v) is 6.65. The fourth-order valence-electron chi connectivity index (χ4n) is 2.46. The molecule has 0 amide bonds. The molecule has 1 heterocycles. The molecule has 2 atom stereocenters. The minimum atomic E-state index is 0.230. The highest BCUT2D eigenvalue weighted by Gasteiger charge is 2.22. The van der Waals surface area contributed by atoms with Crippen molar-refractivity contribution in [3.63, 3.8) is 0 Å². The molecule has 0 spiro atoms. The van der Waals surface area contributed by atoms with E-state index in [0.29, 0.717) is 28.5 Å². The number of hydrogen-bond acceptors (Lipinski definition) is 5. The van der Waals surface area contributed by atoms with Gasteiger partial charge in [-0.05, 0) is 32.1 Å². The largest absolute Gasteiger partial charge is 0.396 e. The van der Waals surface area contributed by atoms with Crippen LogP contribution in [0.1, 0.15) is 31.4 Å². The van der Waals surface area contributed by atoms with Crippen molar-refractivity contribution < 1.29 is 5.11 Å². The molecule has 18 heavy (non-hydrogen) atoms. The average molecular weight is 271 g/mol. The third kappa shape index (κ3) is 3.03. The van der Waals surface area contributed by atoms with Gasteiger partial charge >= 0.3 is 0 Å². The molecule has 100 valence electrons. The fourth-order valence-corrected chi connectivity index (χ4v) is 2.60. The predicted molar refractivity (Wildman–Crippen MR) is 72.6 cm³/mol. The van der Waals surface area contributed by atoms with Crippen molar-refractivity contribution in [1.29, 1.82) is 0 Å². The normalized spacial score (nSPS) is 23.9. The van der Waals surface area contributed by atoms with E-state index < -0.39 is 0 Å².